The van der Waals surface area contributed by atoms with Gasteiger partial charge in [-0.25, -0.2) is 0 Å². The number of aromatic nitrogens is 2. The molecule has 0 saturated heterocycles. The van der Waals surface area contributed by atoms with Crippen LogP contribution in [0.5, 0.6) is 5.75 Å². The van der Waals surface area contributed by atoms with E-state index in [1.165, 1.54) is 23.3 Å². The van der Waals surface area contributed by atoms with E-state index in [0.717, 1.165) is 34.4 Å². The van der Waals surface area contributed by atoms with E-state index in [1.807, 2.05) is 6.92 Å². The largest absolute Gasteiger partial charge is 0.487 e. The van der Waals surface area contributed by atoms with Crippen LogP contribution in [-0.4, -0.2) is 9.55 Å². The van der Waals surface area contributed by atoms with Gasteiger partial charge in [0.1, 0.15) is 17.9 Å². The third kappa shape index (κ3) is 4.29. The van der Waals surface area contributed by atoms with Crippen molar-refractivity contribution in [3.05, 3.63) is 94.3 Å². The van der Waals surface area contributed by atoms with Crippen molar-refractivity contribution in [3.8, 4) is 5.75 Å². The Bertz CT molecular complexity index is 1210. The van der Waals surface area contributed by atoms with E-state index in [9.17, 15) is 13.2 Å². The highest BCUT2D eigenvalue weighted by molar-refractivity contribution is 5.86. The molecule has 6 heteroatoms. The van der Waals surface area contributed by atoms with Crippen molar-refractivity contribution in [2.45, 2.75) is 40.1 Å². The molecule has 2 aromatic carbocycles. The molecule has 0 amide bonds. The Hall–Kier alpha value is -3.28. The zero-order valence-electron chi connectivity index (χ0n) is 17.6. The number of pyridine rings is 1. The van der Waals surface area contributed by atoms with Gasteiger partial charge in [0.25, 0.3) is 0 Å². The predicted molar refractivity (Wildman–Crippen MR) is 115 cm³/mol. The number of rotatable bonds is 5. The van der Waals surface area contributed by atoms with Gasteiger partial charge in [0.05, 0.1) is 11.1 Å². The van der Waals surface area contributed by atoms with Crippen molar-refractivity contribution in [2.24, 2.45) is 0 Å². The standard InChI is InChI=1S/C25H23F3N2O/c1-16-4-6-19(7-5-16)14-30-18(3)17(2)23-24(30)22(12-13-29-23)31-15-20-8-10-21(11-9-20)25(26,27)28/h4-13H,14-15H2,1-3H3. The Morgan fingerprint density at radius 3 is 2.16 bits per heavy atom. The Balaban J connectivity index is 1.65. The number of benzene rings is 2. The van der Waals surface area contributed by atoms with Gasteiger partial charge in [0.15, 0.2) is 0 Å². The summed E-state index contributed by atoms with van der Waals surface area (Å²) in [5.41, 5.74) is 6.33. The number of fused-ring (bicyclic) bond motifs is 1. The van der Waals surface area contributed by atoms with Gasteiger partial charge in [-0.15, -0.1) is 0 Å². The van der Waals surface area contributed by atoms with Crippen LogP contribution in [0.1, 0.15) is 33.5 Å². The van der Waals surface area contributed by atoms with E-state index < -0.39 is 11.7 Å². The van der Waals surface area contributed by atoms with Gasteiger partial charge in [-0.1, -0.05) is 42.0 Å². The normalized spacial score (nSPS) is 11.8. The molecule has 0 aliphatic carbocycles. The molecule has 0 N–H and O–H groups in total. The molecule has 0 spiro atoms. The minimum Gasteiger partial charge on any atom is -0.487 e. The fraction of sp³-hybridized carbons (Fsp3) is 0.240. The van der Waals surface area contributed by atoms with Crippen LogP contribution in [-0.2, 0) is 19.3 Å². The van der Waals surface area contributed by atoms with Crippen molar-refractivity contribution in [2.75, 3.05) is 0 Å². The van der Waals surface area contributed by atoms with Crippen molar-refractivity contribution >= 4 is 11.0 Å². The van der Waals surface area contributed by atoms with Gasteiger partial charge in [-0.05, 0) is 49.6 Å². The minimum absolute atomic E-state index is 0.172. The lowest BCUT2D eigenvalue weighted by Gasteiger charge is -2.13. The van der Waals surface area contributed by atoms with Crippen LogP contribution in [0.2, 0.25) is 0 Å². The third-order valence-electron chi connectivity index (χ3n) is 5.60. The van der Waals surface area contributed by atoms with E-state index >= 15 is 0 Å². The molecule has 0 fully saturated rings. The number of hydrogen-bond acceptors (Lipinski definition) is 2. The van der Waals surface area contributed by atoms with Crippen molar-refractivity contribution in [1.82, 2.24) is 9.55 Å². The van der Waals surface area contributed by atoms with Crippen LogP contribution in [0, 0.1) is 20.8 Å². The Labute approximate surface area is 179 Å². The summed E-state index contributed by atoms with van der Waals surface area (Å²) in [5.74, 6) is 0.660. The number of hydrogen-bond donors (Lipinski definition) is 0. The van der Waals surface area contributed by atoms with Crippen molar-refractivity contribution < 1.29 is 17.9 Å². The first-order valence-electron chi connectivity index (χ1n) is 10.0. The summed E-state index contributed by atoms with van der Waals surface area (Å²) in [4.78, 5) is 4.55. The maximum atomic E-state index is 12.8. The lowest BCUT2D eigenvalue weighted by molar-refractivity contribution is -0.137. The summed E-state index contributed by atoms with van der Waals surface area (Å²) in [5, 5.41) is 0. The SMILES string of the molecule is Cc1ccc(Cn2c(C)c(C)c3nccc(OCc4ccc(C(F)(F)F)cc4)c32)cc1. The number of halogens is 3. The molecular formula is C25H23F3N2O. The summed E-state index contributed by atoms with van der Waals surface area (Å²) in [6, 6.07) is 15.2. The minimum atomic E-state index is -4.34. The highest BCUT2D eigenvalue weighted by Crippen LogP contribution is 2.33. The molecule has 0 unspecified atom stereocenters. The topological polar surface area (TPSA) is 27.1 Å². The number of alkyl halides is 3. The number of nitrogens with zero attached hydrogens (tertiary/aromatic N) is 2. The number of ether oxygens (including phenoxy) is 1. The van der Waals surface area contributed by atoms with E-state index in [2.05, 4.69) is 47.7 Å². The molecule has 4 aromatic rings. The highest BCUT2D eigenvalue weighted by atomic mass is 19.4. The maximum Gasteiger partial charge on any atom is 0.416 e. The Morgan fingerprint density at radius 2 is 1.52 bits per heavy atom. The van der Waals surface area contributed by atoms with Gasteiger partial charge in [-0.2, -0.15) is 13.2 Å². The van der Waals surface area contributed by atoms with Crippen molar-refractivity contribution in [1.29, 1.82) is 0 Å². The smallest absolute Gasteiger partial charge is 0.416 e. The van der Waals surface area contributed by atoms with Crippen LogP contribution < -0.4 is 4.74 Å². The third-order valence-corrected chi connectivity index (χ3v) is 5.60. The fourth-order valence-corrected chi connectivity index (χ4v) is 3.65. The molecule has 0 aliphatic heterocycles. The van der Waals surface area contributed by atoms with Gasteiger partial charge >= 0.3 is 6.18 Å². The molecule has 0 saturated carbocycles. The van der Waals surface area contributed by atoms with E-state index in [-0.39, 0.29) is 6.61 Å². The molecule has 160 valence electrons. The Kier molecular flexibility index (Phi) is 5.48. The zero-order chi connectivity index (χ0) is 22.2. The first-order valence-corrected chi connectivity index (χ1v) is 10.0. The molecule has 0 radical (unpaired) electrons. The van der Waals surface area contributed by atoms with Gasteiger partial charge in [0.2, 0.25) is 0 Å². The molecule has 0 bridgehead atoms. The van der Waals surface area contributed by atoms with Crippen LogP contribution >= 0.6 is 0 Å². The second-order valence-corrected chi connectivity index (χ2v) is 7.77. The predicted octanol–water partition coefficient (Wildman–Crippen LogP) is 6.61. The zero-order valence-corrected chi connectivity index (χ0v) is 17.6. The lowest BCUT2D eigenvalue weighted by Crippen LogP contribution is -2.06. The Morgan fingerprint density at radius 1 is 0.871 bits per heavy atom. The monoisotopic (exact) mass is 424 g/mol. The van der Waals surface area contributed by atoms with Gasteiger partial charge < -0.3 is 9.30 Å². The van der Waals surface area contributed by atoms with Crippen LogP contribution in [0.3, 0.4) is 0 Å². The summed E-state index contributed by atoms with van der Waals surface area (Å²) < 4.78 is 46.6. The average molecular weight is 424 g/mol. The molecule has 31 heavy (non-hydrogen) atoms. The molecule has 0 aliphatic rings. The lowest BCUT2D eigenvalue weighted by atomic mass is 10.1. The number of aryl methyl sites for hydroxylation is 2. The van der Waals surface area contributed by atoms with Crippen LogP contribution in [0.4, 0.5) is 13.2 Å². The summed E-state index contributed by atoms with van der Waals surface area (Å²) in [6.45, 7) is 7.01. The van der Waals surface area contributed by atoms with Gasteiger partial charge in [0, 0.05) is 24.5 Å². The van der Waals surface area contributed by atoms with E-state index in [4.69, 9.17) is 4.74 Å². The average Bonchev–Trinajstić information content (AvgIpc) is 2.99. The molecular weight excluding hydrogens is 401 g/mol. The fourth-order valence-electron chi connectivity index (χ4n) is 3.65. The van der Waals surface area contributed by atoms with Crippen LogP contribution in [0.15, 0.2) is 60.8 Å². The van der Waals surface area contributed by atoms with E-state index in [1.54, 1.807) is 12.3 Å². The quantitative estimate of drug-likeness (QED) is 0.361. The highest BCUT2D eigenvalue weighted by Gasteiger charge is 2.29. The maximum absolute atomic E-state index is 12.8. The second kappa shape index (κ2) is 8.10. The molecule has 0 atom stereocenters. The molecule has 2 aromatic heterocycles. The van der Waals surface area contributed by atoms with E-state index in [0.29, 0.717) is 17.9 Å². The molecule has 2 heterocycles. The summed E-state index contributed by atoms with van der Waals surface area (Å²) in [7, 11) is 0. The van der Waals surface area contributed by atoms with Crippen molar-refractivity contribution in [3.63, 3.8) is 0 Å². The first-order chi connectivity index (χ1) is 14.7. The first kappa shape index (κ1) is 21.0. The summed E-state index contributed by atoms with van der Waals surface area (Å²) in [6.07, 6.45) is -2.64. The summed E-state index contributed by atoms with van der Waals surface area (Å²) >= 11 is 0. The van der Waals surface area contributed by atoms with Gasteiger partial charge in [-0.3, -0.25) is 4.98 Å². The second-order valence-electron chi connectivity index (χ2n) is 7.77. The molecule has 4 rings (SSSR count). The molecule has 3 nitrogen and oxygen atoms in total. The van der Waals surface area contributed by atoms with Crippen LogP contribution in [0.25, 0.3) is 11.0 Å².